The van der Waals surface area contributed by atoms with Crippen molar-refractivity contribution in [1.82, 2.24) is 0 Å². The van der Waals surface area contributed by atoms with Crippen molar-refractivity contribution in [3.63, 3.8) is 0 Å². The first-order valence-electron chi connectivity index (χ1n) is 10.9. The van der Waals surface area contributed by atoms with Gasteiger partial charge in [-0.25, -0.2) is 0 Å². The van der Waals surface area contributed by atoms with E-state index >= 15 is 0 Å². The van der Waals surface area contributed by atoms with Crippen molar-refractivity contribution >= 4 is 50.8 Å². The summed E-state index contributed by atoms with van der Waals surface area (Å²) in [6, 6.07) is 4.44. The maximum absolute atomic E-state index is 5.76. The lowest BCUT2D eigenvalue weighted by atomic mass is 9.70. The topological polar surface area (TPSA) is 9.23 Å². The van der Waals surface area contributed by atoms with Gasteiger partial charge in [-0.2, -0.15) is 0 Å². The Balaban J connectivity index is 1.58. The Morgan fingerprint density at radius 2 is 1.74 bits per heavy atom. The predicted octanol–water partition coefficient (Wildman–Crippen LogP) is 8.47. The lowest BCUT2D eigenvalue weighted by Crippen LogP contribution is -2.23. The molecule has 3 heteroatoms. The summed E-state index contributed by atoms with van der Waals surface area (Å²) in [5.41, 5.74) is 3.00. The third-order valence-electron chi connectivity index (χ3n) is 6.67. The van der Waals surface area contributed by atoms with Crippen LogP contribution in [0.2, 0.25) is 0 Å². The molecule has 0 radical (unpaired) electrons. The summed E-state index contributed by atoms with van der Waals surface area (Å²) in [6.45, 7) is 5.11. The van der Waals surface area contributed by atoms with Gasteiger partial charge in [-0.1, -0.05) is 45.1 Å². The number of hydrogen-bond acceptors (Lipinski definition) is 1. The Morgan fingerprint density at radius 3 is 2.37 bits per heavy atom. The van der Waals surface area contributed by atoms with E-state index in [1.807, 2.05) is 0 Å². The van der Waals surface area contributed by atoms with Crippen molar-refractivity contribution in [3.05, 3.63) is 30.9 Å². The first kappa shape index (κ1) is 21.9. The first-order chi connectivity index (χ1) is 13.1. The van der Waals surface area contributed by atoms with E-state index in [2.05, 4.69) is 77.2 Å². The van der Waals surface area contributed by atoms with Gasteiger partial charge < -0.3 is 4.74 Å². The second kappa shape index (κ2) is 10.8. The SMILES string of the molecule is CCCCC1CCC(C2CC=C(c3ccc(OCC)c(I)c3I)CC2)CC1. The van der Waals surface area contributed by atoms with Crippen LogP contribution in [0.3, 0.4) is 0 Å². The van der Waals surface area contributed by atoms with Gasteiger partial charge in [0.25, 0.3) is 0 Å². The summed E-state index contributed by atoms with van der Waals surface area (Å²) in [7, 11) is 0. The van der Waals surface area contributed by atoms with Crippen molar-refractivity contribution in [2.45, 2.75) is 78.1 Å². The summed E-state index contributed by atoms with van der Waals surface area (Å²) in [5, 5.41) is 0. The van der Waals surface area contributed by atoms with Gasteiger partial charge >= 0.3 is 0 Å². The van der Waals surface area contributed by atoms with Gasteiger partial charge in [0.2, 0.25) is 0 Å². The Kier molecular flexibility index (Phi) is 8.80. The minimum absolute atomic E-state index is 0.733. The molecule has 1 atom stereocenters. The lowest BCUT2D eigenvalue weighted by molar-refractivity contribution is 0.188. The van der Waals surface area contributed by atoms with Crippen molar-refractivity contribution < 1.29 is 4.74 Å². The molecule has 1 fully saturated rings. The number of allylic oxidation sites excluding steroid dienone is 2. The molecule has 0 spiro atoms. The predicted molar refractivity (Wildman–Crippen MR) is 133 cm³/mol. The molecule has 0 saturated heterocycles. The van der Waals surface area contributed by atoms with Crippen LogP contribution in [0.5, 0.6) is 5.75 Å². The summed E-state index contributed by atoms with van der Waals surface area (Å²) in [5.74, 6) is 3.98. The van der Waals surface area contributed by atoms with Crippen LogP contribution >= 0.6 is 45.2 Å². The second-order valence-electron chi connectivity index (χ2n) is 8.36. The molecule has 1 nitrogen and oxygen atoms in total. The fourth-order valence-corrected chi connectivity index (χ4v) is 6.43. The van der Waals surface area contributed by atoms with Crippen LogP contribution in [0.15, 0.2) is 18.2 Å². The van der Waals surface area contributed by atoms with Crippen molar-refractivity contribution in [3.8, 4) is 5.75 Å². The van der Waals surface area contributed by atoms with Crippen LogP contribution in [0.4, 0.5) is 0 Å². The van der Waals surface area contributed by atoms with Crippen molar-refractivity contribution in [2.24, 2.45) is 17.8 Å². The minimum atomic E-state index is 0.733. The molecule has 0 aromatic heterocycles. The summed E-state index contributed by atoms with van der Waals surface area (Å²) in [4.78, 5) is 0. The molecular weight excluding hydrogens is 558 g/mol. The number of halogens is 2. The highest BCUT2D eigenvalue weighted by atomic mass is 127. The smallest absolute Gasteiger partial charge is 0.133 e. The summed E-state index contributed by atoms with van der Waals surface area (Å²) < 4.78 is 8.38. The van der Waals surface area contributed by atoms with E-state index in [0.717, 1.165) is 30.1 Å². The highest BCUT2D eigenvalue weighted by Gasteiger charge is 2.29. The first-order valence-corrected chi connectivity index (χ1v) is 13.1. The third kappa shape index (κ3) is 5.64. The van der Waals surface area contributed by atoms with E-state index in [1.165, 1.54) is 76.9 Å². The number of ether oxygens (including phenoxy) is 1. The van der Waals surface area contributed by atoms with E-state index in [0.29, 0.717) is 0 Å². The van der Waals surface area contributed by atoms with E-state index in [9.17, 15) is 0 Å². The average molecular weight is 592 g/mol. The highest BCUT2D eigenvalue weighted by Crippen LogP contribution is 2.43. The minimum Gasteiger partial charge on any atom is -0.493 e. The summed E-state index contributed by atoms with van der Waals surface area (Å²) in [6.07, 6.45) is 16.7. The van der Waals surface area contributed by atoms with Gasteiger partial charge in [0.15, 0.2) is 0 Å². The molecule has 0 heterocycles. The second-order valence-corrected chi connectivity index (χ2v) is 10.5. The van der Waals surface area contributed by atoms with Gasteiger partial charge in [-0.15, -0.1) is 0 Å². The largest absolute Gasteiger partial charge is 0.493 e. The third-order valence-corrected chi connectivity index (χ3v) is 9.89. The number of benzene rings is 1. The van der Waals surface area contributed by atoms with Crippen LogP contribution < -0.4 is 4.74 Å². The highest BCUT2D eigenvalue weighted by molar-refractivity contribution is 14.1. The maximum atomic E-state index is 5.76. The molecule has 1 unspecified atom stereocenters. The van der Waals surface area contributed by atoms with Crippen molar-refractivity contribution in [2.75, 3.05) is 6.61 Å². The molecule has 2 aliphatic carbocycles. The fraction of sp³-hybridized carbons (Fsp3) is 0.667. The fourth-order valence-electron chi connectivity index (χ4n) is 5.02. The van der Waals surface area contributed by atoms with Gasteiger partial charge in [-0.05, 0) is 125 Å². The van der Waals surface area contributed by atoms with Crippen LogP contribution in [-0.4, -0.2) is 6.61 Å². The van der Waals surface area contributed by atoms with E-state index in [1.54, 1.807) is 5.57 Å². The molecule has 0 amide bonds. The molecule has 0 aliphatic heterocycles. The van der Waals surface area contributed by atoms with Gasteiger partial charge in [-0.3, -0.25) is 0 Å². The lowest BCUT2D eigenvalue weighted by Gasteiger charge is -2.35. The van der Waals surface area contributed by atoms with E-state index < -0.39 is 0 Å². The molecule has 1 aromatic rings. The molecule has 2 aliphatic rings. The van der Waals surface area contributed by atoms with Gasteiger partial charge in [0.1, 0.15) is 5.75 Å². The Bertz CT molecular complexity index is 644. The van der Waals surface area contributed by atoms with Crippen LogP contribution in [0, 0.1) is 24.9 Å². The number of unbranched alkanes of at least 4 members (excludes halogenated alkanes) is 1. The Hall–Kier alpha value is 0.220. The normalized spacial score (nSPS) is 25.9. The van der Waals surface area contributed by atoms with Gasteiger partial charge in [0, 0.05) is 3.57 Å². The number of rotatable bonds is 7. The van der Waals surface area contributed by atoms with Crippen molar-refractivity contribution in [1.29, 1.82) is 0 Å². The van der Waals surface area contributed by atoms with E-state index in [-0.39, 0.29) is 0 Å². The molecule has 0 bridgehead atoms. The Labute approximate surface area is 193 Å². The number of hydrogen-bond donors (Lipinski definition) is 0. The van der Waals surface area contributed by atoms with Crippen LogP contribution in [0.1, 0.15) is 83.6 Å². The quantitative estimate of drug-likeness (QED) is 0.289. The monoisotopic (exact) mass is 592 g/mol. The molecule has 27 heavy (non-hydrogen) atoms. The molecule has 1 saturated carbocycles. The molecule has 3 rings (SSSR count). The maximum Gasteiger partial charge on any atom is 0.133 e. The molecule has 0 N–H and O–H groups in total. The Morgan fingerprint density at radius 1 is 0.963 bits per heavy atom. The zero-order valence-corrected chi connectivity index (χ0v) is 21.2. The van der Waals surface area contributed by atoms with Crippen LogP contribution in [-0.2, 0) is 0 Å². The zero-order valence-electron chi connectivity index (χ0n) is 16.9. The van der Waals surface area contributed by atoms with Gasteiger partial charge in [0.05, 0.1) is 10.2 Å². The average Bonchev–Trinajstić information content (AvgIpc) is 2.71. The molecule has 150 valence electrons. The standard InChI is InChI=1S/C24H34I2O/c1-3-5-6-17-7-9-18(10-8-17)19-11-13-20(14-12-19)21-15-16-22(27-4-2)24(26)23(21)25/h13,15-19H,3-12,14H2,1-2H3. The van der Waals surface area contributed by atoms with E-state index in [4.69, 9.17) is 4.74 Å². The molecule has 1 aromatic carbocycles. The zero-order chi connectivity index (χ0) is 19.2. The molecular formula is C24H34I2O. The summed E-state index contributed by atoms with van der Waals surface area (Å²) >= 11 is 4.95. The van der Waals surface area contributed by atoms with Crippen LogP contribution in [0.25, 0.3) is 5.57 Å².